The average molecular weight is 182 g/mol. The minimum Gasteiger partial charge on any atom is -0.147 e. The lowest BCUT2D eigenvalue weighted by molar-refractivity contribution is 0.735. The van der Waals surface area contributed by atoms with E-state index in [4.69, 9.17) is 0 Å². The molecule has 0 nitrogen and oxygen atoms in total. The highest BCUT2D eigenvalue weighted by atomic mass is 32.2. The van der Waals surface area contributed by atoms with E-state index in [-0.39, 0.29) is 0 Å². The molecule has 2 heteroatoms. The third-order valence-electron chi connectivity index (χ3n) is 1.97. The first-order valence-electron chi connectivity index (χ1n) is 3.68. The predicted octanol–water partition coefficient (Wildman–Crippen LogP) is 3.61. The number of thioether (sulfide) groups is 1. The number of hydrogen-bond acceptors (Lipinski definition) is 2. The van der Waals surface area contributed by atoms with Crippen molar-refractivity contribution in [2.24, 2.45) is 0 Å². The van der Waals surface area contributed by atoms with Crippen LogP contribution >= 0.6 is 23.1 Å². The minimum atomic E-state index is 0.341. The van der Waals surface area contributed by atoms with E-state index in [1.165, 1.54) is 11.3 Å². The Hall–Kier alpha value is -0.210. The molecule has 0 aliphatic carbocycles. The summed E-state index contributed by atoms with van der Waals surface area (Å²) in [4.78, 5) is 1.49. The lowest BCUT2D eigenvalue weighted by atomic mass is 10.1. The Morgan fingerprint density at radius 3 is 3.00 bits per heavy atom. The SMILES string of the molecule is C[C@]1(c2cccs2)CC=CS1. The van der Waals surface area contributed by atoms with Crippen molar-refractivity contribution in [1.29, 1.82) is 0 Å². The van der Waals surface area contributed by atoms with Gasteiger partial charge in [0, 0.05) is 4.88 Å². The van der Waals surface area contributed by atoms with Crippen molar-refractivity contribution >= 4 is 23.1 Å². The summed E-state index contributed by atoms with van der Waals surface area (Å²) < 4.78 is 0.341. The molecule has 0 bridgehead atoms. The highest BCUT2D eigenvalue weighted by Gasteiger charge is 2.28. The number of hydrogen-bond donors (Lipinski definition) is 0. The van der Waals surface area contributed by atoms with E-state index in [1.54, 1.807) is 0 Å². The van der Waals surface area contributed by atoms with Gasteiger partial charge in [0.2, 0.25) is 0 Å². The normalized spacial score (nSPS) is 29.5. The van der Waals surface area contributed by atoms with E-state index in [9.17, 15) is 0 Å². The fourth-order valence-corrected chi connectivity index (χ4v) is 3.21. The van der Waals surface area contributed by atoms with Crippen LogP contribution in [0.5, 0.6) is 0 Å². The zero-order valence-corrected chi connectivity index (χ0v) is 8.04. The predicted molar refractivity (Wildman–Crippen MR) is 53.0 cm³/mol. The summed E-state index contributed by atoms with van der Waals surface area (Å²) in [7, 11) is 0. The molecule has 2 heterocycles. The van der Waals surface area contributed by atoms with E-state index in [1.807, 2.05) is 23.1 Å². The van der Waals surface area contributed by atoms with E-state index < -0.39 is 0 Å². The summed E-state index contributed by atoms with van der Waals surface area (Å²) in [6.45, 7) is 2.31. The standard InChI is InChI=1S/C9H10S2/c1-9(5-3-7-11-9)8-4-2-6-10-8/h2-4,6-7H,5H2,1H3/t9-/m1/s1. The molecule has 0 fully saturated rings. The summed E-state index contributed by atoms with van der Waals surface area (Å²) in [5.41, 5.74) is 0. The van der Waals surface area contributed by atoms with E-state index >= 15 is 0 Å². The molecule has 0 unspecified atom stereocenters. The van der Waals surface area contributed by atoms with Gasteiger partial charge in [0.25, 0.3) is 0 Å². The third-order valence-corrected chi connectivity index (χ3v) is 4.47. The minimum absolute atomic E-state index is 0.341. The molecule has 1 aromatic rings. The largest absolute Gasteiger partial charge is 0.147 e. The van der Waals surface area contributed by atoms with Crippen LogP contribution in [0.15, 0.2) is 29.0 Å². The van der Waals surface area contributed by atoms with Crippen LogP contribution in [-0.2, 0) is 4.75 Å². The average Bonchev–Trinajstić information content (AvgIpc) is 2.55. The van der Waals surface area contributed by atoms with Crippen LogP contribution in [-0.4, -0.2) is 0 Å². The van der Waals surface area contributed by atoms with Gasteiger partial charge < -0.3 is 0 Å². The highest BCUT2D eigenvalue weighted by molar-refractivity contribution is 8.03. The highest BCUT2D eigenvalue weighted by Crippen LogP contribution is 2.46. The third kappa shape index (κ3) is 1.25. The maximum Gasteiger partial charge on any atom is 0.0549 e. The summed E-state index contributed by atoms with van der Waals surface area (Å²) >= 11 is 3.79. The van der Waals surface area contributed by atoms with Crippen molar-refractivity contribution in [1.82, 2.24) is 0 Å². The molecule has 0 saturated heterocycles. The Morgan fingerprint density at radius 2 is 2.45 bits per heavy atom. The van der Waals surface area contributed by atoms with Gasteiger partial charge >= 0.3 is 0 Å². The molecule has 0 amide bonds. The topological polar surface area (TPSA) is 0 Å². The second-order valence-electron chi connectivity index (χ2n) is 2.90. The van der Waals surface area contributed by atoms with Crippen LogP contribution in [0.2, 0.25) is 0 Å². The van der Waals surface area contributed by atoms with Gasteiger partial charge in [-0.05, 0) is 30.2 Å². The lowest BCUT2D eigenvalue weighted by Gasteiger charge is -2.20. The van der Waals surface area contributed by atoms with Crippen LogP contribution in [0.4, 0.5) is 0 Å². The summed E-state index contributed by atoms with van der Waals surface area (Å²) in [5, 5.41) is 4.36. The van der Waals surface area contributed by atoms with E-state index in [0.717, 1.165) is 0 Å². The van der Waals surface area contributed by atoms with Gasteiger partial charge in [-0.3, -0.25) is 0 Å². The second kappa shape index (κ2) is 2.68. The molecule has 1 aromatic heterocycles. The Bertz CT molecular complexity index is 251. The van der Waals surface area contributed by atoms with Gasteiger partial charge in [0.05, 0.1) is 4.75 Å². The molecule has 1 aliphatic rings. The van der Waals surface area contributed by atoms with E-state index in [0.29, 0.717) is 4.75 Å². The van der Waals surface area contributed by atoms with Crippen molar-refractivity contribution in [3.8, 4) is 0 Å². The fourth-order valence-electron chi connectivity index (χ4n) is 1.26. The van der Waals surface area contributed by atoms with Crippen molar-refractivity contribution in [3.63, 3.8) is 0 Å². The first kappa shape index (κ1) is 7.44. The maximum absolute atomic E-state index is 2.31. The maximum atomic E-state index is 2.31. The van der Waals surface area contributed by atoms with Gasteiger partial charge in [0.15, 0.2) is 0 Å². The zero-order valence-electron chi connectivity index (χ0n) is 6.41. The first-order valence-corrected chi connectivity index (χ1v) is 5.44. The van der Waals surface area contributed by atoms with Crippen molar-refractivity contribution in [3.05, 3.63) is 33.9 Å². The summed E-state index contributed by atoms with van der Waals surface area (Å²) in [6.07, 6.45) is 3.43. The molecule has 1 atom stereocenters. The molecule has 2 rings (SSSR count). The second-order valence-corrected chi connectivity index (χ2v) is 5.26. The van der Waals surface area contributed by atoms with Crippen LogP contribution in [0.1, 0.15) is 18.2 Å². The molecular weight excluding hydrogens is 172 g/mol. The molecule has 0 saturated carbocycles. The van der Waals surface area contributed by atoms with Gasteiger partial charge in [-0.2, -0.15) is 0 Å². The van der Waals surface area contributed by atoms with Crippen molar-refractivity contribution in [2.45, 2.75) is 18.1 Å². The Balaban J connectivity index is 2.29. The summed E-state index contributed by atoms with van der Waals surface area (Å²) in [6, 6.07) is 4.36. The molecular formula is C9H10S2. The van der Waals surface area contributed by atoms with Crippen LogP contribution in [0.25, 0.3) is 0 Å². The van der Waals surface area contributed by atoms with E-state index in [2.05, 4.69) is 35.9 Å². The van der Waals surface area contributed by atoms with Gasteiger partial charge in [-0.1, -0.05) is 12.1 Å². The first-order chi connectivity index (χ1) is 5.31. The van der Waals surface area contributed by atoms with Crippen LogP contribution in [0, 0.1) is 0 Å². The Kier molecular flexibility index (Phi) is 1.81. The van der Waals surface area contributed by atoms with Gasteiger partial charge in [-0.15, -0.1) is 23.1 Å². The molecule has 58 valence electrons. The number of allylic oxidation sites excluding steroid dienone is 1. The molecule has 11 heavy (non-hydrogen) atoms. The lowest BCUT2D eigenvalue weighted by Crippen LogP contribution is -2.10. The quantitative estimate of drug-likeness (QED) is 0.639. The summed E-state index contributed by atoms with van der Waals surface area (Å²) in [5.74, 6) is 0. The van der Waals surface area contributed by atoms with Crippen LogP contribution in [0.3, 0.4) is 0 Å². The van der Waals surface area contributed by atoms with Crippen LogP contribution < -0.4 is 0 Å². The number of rotatable bonds is 1. The fraction of sp³-hybridized carbons (Fsp3) is 0.333. The molecule has 0 N–H and O–H groups in total. The molecule has 0 aromatic carbocycles. The smallest absolute Gasteiger partial charge is 0.0549 e. The molecule has 0 spiro atoms. The van der Waals surface area contributed by atoms with Gasteiger partial charge in [-0.25, -0.2) is 0 Å². The number of thiophene rings is 1. The molecule has 1 aliphatic heterocycles. The Labute approximate surface area is 75.3 Å². The van der Waals surface area contributed by atoms with Crippen molar-refractivity contribution < 1.29 is 0 Å². The van der Waals surface area contributed by atoms with Gasteiger partial charge in [0.1, 0.15) is 0 Å². The molecule has 0 radical (unpaired) electrons. The van der Waals surface area contributed by atoms with Crippen molar-refractivity contribution in [2.75, 3.05) is 0 Å². The zero-order chi connectivity index (χ0) is 7.73. The monoisotopic (exact) mass is 182 g/mol. The Morgan fingerprint density at radius 1 is 1.55 bits per heavy atom.